The molecule has 2 aromatic heterocycles. The summed E-state index contributed by atoms with van der Waals surface area (Å²) in [7, 11) is 0. The number of nitrogens with zero attached hydrogens (tertiary/aromatic N) is 2. The molecule has 1 aromatic carbocycles. The van der Waals surface area contributed by atoms with Crippen LogP contribution in [-0.2, 0) is 4.79 Å². The minimum absolute atomic E-state index is 0.135. The highest BCUT2D eigenvalue weighted by atomic mass is 32.2. The normalized spacial score (nSPS) is 10.7. The topological polar surface area (TPSA) is 81.2 Å². The molecule has 6 nitrogen and oxygen atoms in total. The second-order valence-electron chi connectivity index (χ2n) is 4.42. The van der Waals surface area contributed by atoms with Crippen molar-refractivity contribution in [2.75, 3.05) is 17.3 Å². The van der Waals surface area contributed by atoms with Crippen LogP contribution in [0.15, 0.2) is 61.6 Å². The molecule has 0 radical (unpaired) electrons. The fourth-order valence-corrected chi connectivity index (χ4v) is 2.74. The third-order valence-electron chi connectivity index (χ3n) is 2.84. The van der Waals surface area contributed by atoms with Crippen LogP contribution in [0.4, 0.5) is 5.69 Å². The molecule has 3 aromatic rings. The standard InChI is InChI=1S/C15H13N3O3S2/c1-22-11-6-4-10(5-7-11)16-13(19)9-23-15-18-17-14(21-15)12-3-2-8-20-12/h2-8H,9H2,1H3,(H,16,19). The third kappa shape index (κ3) is 4.17. The SMILES string of the molecule is CSc1ccc(NC(=O)CSc2nnc(-c3ccco3)o2)cc1. The molecule has 0 saturated heterocycles. The molecule has 1 amide bonds. The number of hydrogen-bond acceptors (Lipinski definition) is 7. The fourth-order valence-electron chi connectivity index (χ4n) is 1.77. The van der Waals surface area contributed by atoms with Crippen molar-refractivity contribution in [3.63, 3.8) is 0 Å². The molecule has 0 bridgehead atoms. The maximum atomic E-state index is 11.9. The lowest BCUT2D eigenvalue weighted by Gasteiger charge is -2.04. The van der Waals surface area contributed by atoms with Gasteiger partial charge in [-0.2, -0.15) is 0 Å². The van der Waals surface area contributed by atoms with Crippen molar-refractivity contribution in [3.8, 4) is 11.7 Å². The van der Waals surface area contributed by atoms with Crippen LogP contribution in [-0.4, -0.2) is 28.1 Å². The first-order valence-electron chi connectivity index (χ1n) is 6.68. The molecule has 0 spiro atoms. The van der Waals surface area contributed by atoms with Gasteiger partial charge < -0.3 is 14.2 Å². The molecule has 2 heterocycles. The molecule has 0 saturated carbocycles. The Balaban J connectivity index is 1.52. The molecule has 0 aliphatic heterocycles. The van der Waals surface area contributed by atoms with Gasteiger partial charge >= 0.3 is 0 Å². The van der Waals surface area contributed by atoms with Crippen LogP contribution in [0.1, 0.15) is 0 Å². The molecule has 0 aliphatic rings. The molecule has 23 heavy (non-hydrogen) atoms. The molecule has 0 aliphatic carbocycles. The Kier molecular flexibility index (Phi) is 5.04. The molecular formula is C15H13N3O3S2. The first kappa shape index (κ1) is 15.7. The summed E-state index contributed by atoms with van der Waals surface area (Å²) in [5.74, 6) is 0.849. The van der Waals surface area contributed by atoms with Crippen LogP contribution in [0.3, 0.4) is 0 Å². The summed E-state index contributed by atoms with van der Waals surface area (Å²) in [5.41, 5.74) is 0.759. The third-order valence-corrected chi connectivity index (χ3v) is 4.40. The predicted molar refractivity (Wildman–Crippen MR) is 89.6 cm³/mol. The van der Waals surface area contributed by atoms with Crippen LogP contribution in [0.5, 0.6) is 0 Å². The summed E-state index contributed by atoms with van der Waals surface area (Å²) in [4.78, 5) is 13.1. The van der Waals surface area contributed by atoms with Gasteiger partial charge in [0, 0.05) is 10.6 Å². The average molecular weight is 347 g/mol. The highest BCUT2D eigenvalue weighted by molar-refractivity contribution is 7.99. The highest BCUT2D eigenvalue weighted by Gasteiger charge is 2.12. The van der Waals surface area contributed by atoms with Crippen molar-refractivity contribution in [2.45, 2.75) is 10.1 Å². The van der Waals surface area contributed by atoms with E-state index in [1.807, 2.05) is 30.5 Å². The van der Waals surface area contributed by atoms with E-state index >= 15 is 0 Å². The zero-order chi connectivity index (χ0) is 16.1. The zero-order valence-electron chi connectivity index (χ0n) is 12.2. The summed E-state index contributed by atoms with van der Waals surface area (Å²) in [6.45, 7) is 0. The zero-order valence-corrected chi connectivity index (χ0v) is 13.8. The number of carbonyl (C=O) groups excluding carboxylic acids is 1. The van der Waals surface area contributed by atoms with Crippen LogP contribution in [0, 0.1) is 0 Å². The number of aromatic nitrogens is 2. The Hall–Kier alpha value is -2.19. The predicted octanol–water partition coefficient (Wildman–Crippen LogP) is 3.78. The van der Waals surface area contributed by atoms with E-state index in [1.165, 1.54) is 18.0 Å². The summed E-state index contributed by atoms with van der Waals surface area (Å²) < 4.78 is 10.6. The molecule has 8 heteroatoms. The molecule has 0 fully saturated rings. The Morgan fingerprint density at radius 3 is 2.74 bits per heavy atom. The number of furan rings is 1. The van der Waals surface area contributed by atoms with E-state index in [2.05, 4.69) is 15.5 Å². The van der Waals surface area contributed by atoms with Crippen LogP contribution < -0.4 is 5.32 Å². The largest absolute Gasteiger partial charge is 0.459 e. The van der Waals surface area contributed by atoms with Gasteiger partial charge in [0.1, 0.15) is 0 Å². The van der Waals surface area contributed by atoms with Crippen LogP contribution >= 0.6 is 23.5 Å². The van der Waals surface area contributed by atoms with Gasteiger partial charge in [-0.25, -0.2) is 0 Å². The van der Waals surface area contributed by atoms with E-state index in [1.54, 1.807) is 23.9 Å². The van der Waals surface area contributed by atoms with Gasteiger partial charge in [0.25, 0.3) is 11.1 Å². The van der Waals surface area contributed by atoms with Crippen molar-refractivity contribution in [2.24, 2.45) is 0 Å². The van der Waals surface area contributed by atoms with Gasteiger partial charge in [-0.3, -0.25) is 4.79 Å². The summed E-state index contributed by atoms with van der Waals surface area (Å²) in [5, 5.41) is 10.9. The van der Waals surface area contributed by atoms with E-state index in [9.17, 15) is 4.79 Å². The summed E-state index contributed by atoms with van der Waals surface area (Å²) in [6, 6.07) is 11.1. The number of thioether (sulfide) groups is 2. The van der Waals surface area contributed by atoms with Crippen LogP contribution in [0.25, 0.3) is 11.7 Å². The van der Waals surface area contributed by atoms with E-state index in [-0.39, 0.29) is 11.7 Å². The quantitative estimate of drug-likeness (QED) is 0.679. The van der Waals surface area contributed by atoms with Gasteiger partial charge in [0.15, 0.2) is 5.76 Å². The van der Waals surface area contributed by atoms with Gasteiger partial charge in [-0.05, 0) is 42.7 Å². The summed E-state index contributed by atoms with van der Waals surface area (Å²) in [6.07, 6.45) is 3.54. The second-order valence-corrected chi connectivity index (χ2v) is 6.22. The van der Waals surface area contributed by atoms with Gasteiger partial charge in [0.2, 0.25) is 5.91 Å². The van der Waals surface area contributed by atoms with E-state index in [0.717, 1.165) is 10.6 Å². The number of benzene rings is 1. The number of amides is 1. The molecule has 118 valence electrons. The average Bonchev–Trinajstić information content (AvgIpc) is 3.25. The lowest BCUT2D eigenvalue weighted by Crippen LogP contribution is -2.13. The Bertz CT molecular complexity index is 770. The van der Waals surface area contributed by atoms with E-state index in [4.69, 9.17) is 8.83 Å². The van der Waals surface area contributed by atoms with Crippen molar-refractivity contribution in [1.29, 1.82) is 0 Å². The monoisotopic (exact) mass is 347 g/mol. The first-order chi connectivity index (χ1) is 11.2. The maximum absolute atomic E-state index is 11.9. The molecule has 0 unspecified atom stereocenters. The Morgan fingerprint density at radius 2 is 2.04 bits per heavy atom. The maximum Gasteiger partial charge on any atom is 0.284 e. The van der Waals surface area contributed by atoms with Gasteiger partial charge in [-0.15, -0.1) is 22.0 Å². The van der Waals surface area contributed by atoms with Crippen molar-refractivity contribution < 1.29 is 13.6 Å². The smallest absolute Gasteiger partial charge is 0.284 e. The lowest BCUT2D eigenvalue weighted by atomic mass is 10.3. The van der Waals surface area contributed by atoms with Crippen molar-refractivity contribution in [1.82, 2.24) is 10.2 Å². The number of hydrogen-bond donors (Lipinski definition) is 1. The number of carbonyl (C=O) groups is 1. The van der Waals surface area contributed by atoms with Crippen molar-refractivity contribution in [3.05, 3.63) is 42.7 Å². The first-order valence-corrected chi connectivity index (χ1v) is 8.90. The number of nitrogens with one attached hydrogen (secondary N) is 1. The van der Waals surface area contributed by atoms with E-state index in [0.29, 0.717) is 16.9 Å². The summed E-state index contributed by atoms with van der Waals surface area (Å²) >= 11 is 2.83. The molecule has 1 N–H and O–H groups in total. The van der Waals surface area contributed by atoms with Gasteiger partial charge in [0.05, 0.1) is 12.0 Å². The van der Waals surface area contributed by atoms with E-state index < -0.39 is 0 Å². The molecule has 3 rings (SSSR count). The lowest BCUT2D eigenvalue weighted by molar-refractivity contribution is -0.113. The number of anilines is 1. The number of rotatable bonds is 6. The Labute approximate surface area is 141 Å². The molecular weight excluding hydrogens is 334 g/mol. The second kappa shape index (κ2) is 7.38. The minimum Gasteiger partial charge on any atom is -0.459 e. The fraction of sp³-hybridized carbons (Fsp3) is 0.133. The Morgan fingerprint density at radius 1 is 1.22 bits per heavy atom. The highest BCUT2D eigenvalue weighted by Crippen LogP contribution is 2.23. The van der Waals surface area contributed by atoms with Crippen molar-refractivity contribution >= 4 is 35.1 Å². The van der Waals surface area contributed by atoms with Gasteiger partial charge in [-0.1, -0.05) is 11.8 Å². The minimum atomic E-state index is -0.135. The molecule has 0 atom stereocenters. The van der Waals surface area contributed by atoms with Crippen LogP contribution in [0.2, 0.25) is 0 Å².